The minimum Gasteiger partial charge on any atom is -0.358 e. The van der Waals surface area contributed by atoms with Crippen molar-refractivity contribution in [2.75, 3.05) is 32.1 Å². The molecule has 118 valence electrons. The van der Waals surface area contributed by atoms with E-state index in [0.717, 1.165) is 25.4 Å². The predicted molar refractivity (Wildman–Crippen MR) is 77.4 cm³/mol. The summed E-state index contributed by atoms with van der Waals surface area (Å²) < 4.78 is 37.5. The van der Waals surface area contributed by atoms with Crippen LogP contribution < -0.4 is 4.90 Å². The third-order valence-electron chi connectivity index (χ3n) is 4.20. The van der Waals surface area contributed by atoms with Gasteiger partial charge in [0.1, 0.15) is 5.82 Å². The monoisotopic (exact) mass is 301 g/mol. The summed E-state index contributed by atoms with van der Waals surface area (Å²) in [5, 5.41) is 0. The standard InChI is InChI=1S/C15H22F3N3/c1-20(13-5-3-4-6-13)9-10-21(2)14-8-7-12(11-19-14)15(16,17)18/h7-8,11,13H,3-6,9-10H2,1-2H3. The first-order valence-corrected chi connectivity index (χ1v) is 7.32. The molecule has 6 heteroatoms. The fourth-order valence-electron chi connectivity index (χ4n) is 2.73. The van der Waals surface area contributed by atoms with Crippen molar-refractivity contribution in [3.8, 4) is 0 Å². The molecule has 1 aliphatic rings. The van der Waals surface area contributed by atoms with Crippen LogP contribution in [0, 0.1) is 0 Å². The van der Waals surface area contributed by atoms with Crippen LogP contribution in [0.3, 0.4) is 0 Å². The van der Waals surface area contributed by atoms with Gasteiger partial charge in [-0.25, -0.2) is 4.98 Å². The molecule has 1 fully saturated rings. The molecular formula is C15H22F3N3. The van der Waals surface area contributed by atoms with Crippen LogP contribution in [-0.2, 0) is 6.18 Å². The van der Waals surface area contributed by atoms with E-state index in [1.807, 2.05) is 11.9 Å². The Morgan fingerprint density at radius 3 is 2.33 bits per heavy atom. The van der Waals surface area contributed by atoms with E-state index in [0.29, 0.717) is 11.9 Å². The largest absolute Gasteiger partial charge is 0.417 e. The van der Waals surface area contributed by atoms with Crippen LogP contribution in [0.25, 0.3) is 0 Å². The zero-order valence-corrected chi connectivity index (χ0v) is 12.5. The molecule has 1 aliphatic carbocycles. The summed E-state index contributed by atoms with van der Waals surface area (Å²) in [4.78, 5) is 8.14. The van der Waals surface area contributed by atoms with Crippen molar-refractivity contribution in [3.63, 3.8) is 0 Å². The molecule has 0 aromatic carbocycles. The molecule has 0 amide bonds. The number of hydrogen-bond donors (Lipinski definition) is 0. The fraction of sp³-hybridized carbons (Fsp3) is 0.667. The van der Waals surface area contributed by atoms with E-state index in [1.165, 1.54) is 31.7 Å². The highest BCUT2D eigenvalue weighted by Crippen LogP contribution is 2.29. The van der Waals surface area contributed by atoms with E-state index in [9.17, 15) is 13.2 Å². The molecule has 0 aliphatic heterocycles. The second kappa shape index (κ2) is 6.64. The molecule has 1 aromatic rings. The first-order chi connectivity index (χ1) is 9.88. The Labute approximate surface area is 123 Å². The van der Waals surface area contributed by atoms with Gasteiger partial charge in [-0.3, -0.25) is 0 Å². The zero-order chi connectivity index (χ0) is 15.5. The molecular weight excluding hydrogens is 279 g/mol. The lowest BCUT2D eigenvalue weighted by atomic mass is 10.2. The Kier molecular flexibility index (Phi) is 5.08. The molecule has 0 saturated heterocycles. The van der Waals surface area contributed by atoms with E-state index in [2.05, 4.69) is 16.9 Å². The van der Waals surface area contributed by atoms with Gasteiger partial charge in [0.05, 0.1) is 5.56 Å². The molecule has 0 radical (unpaired) electrons. The van der Waals surface area contributed by atoms with Crippen LogP contribution in [0.4, 0.5) is 19.0 Å². The van der Waals surface area contributed by atoms with Gasteiger partial charge < -0.3 is 9.80 Å². The summed E-state index contributed by atoms with van der Waals surface area (Å²) in [7, 11) is 3.97. The van der Waals surface area contributed by atoms with Gasteiger partial charge in [0.2, 0.25) is 0 Å². The van der Waals surface area contributed by atoms with Gasteiger partial charge in [0, 0.05) is 32.4 Å². The number of anilines is 1. The number of pyridine rings is 1. The van der Waals surface area contributed by atoms with Crippen molar-refractivity contribution < 1.29 is 13.2 Å². The average Bonchev–Trinajstić information content (AvgIpc) is 2.98. The maximum Gasteiger partial charge on any atom is 0.417 e. The Balaban J connectivity index is 1.86. The first kappa shape index (κ1) is 16.1. The maximum atomic E-state index is 12.5. The lowest BCUT2D eigenvalue weighted by molar-refractivity contribution is -0.137. The number of rotatable bonds is 5. The smallest absolute Gasteiger partial charge is 0.358 e. The molecule has 1 heterocycles. The average molecular weight is 301 g/mol. The van der Waals surface area contributed by atoms with Crippen molar-refractivity contribution in [2.45, 2.75) is 37.9 Å². The van der Waals surface area contributed by atoms with Crippen LogP contribution >= 0.6 is 0 Å². The fourth-order valence-corrected chi connectivity index (χ4v) is 2.73. The van der Waals surface area contributed by atoms with Crippen LogP contribution in [0.5, 0.6) is 0 Å². The second-order valence-electron chi connectivity index (χ2n) is 5.74. The number of aromatic nitrogens is 1. The highest BCUT2D eigenvalue weighted by molar-refractivity contribution is 5.38. The van der Waals surface area contributed by atoms with Gasteiger partial charge in [-0.1, -0.05) is 12.8 Å². The van der Waals surface area contributed by atoms with Crippen LogP contribution in [-0.4, -0.2) is 43.1 Å². The van der Waals surface area contributed by atoms with E-state index in [1.54, 1.807) is 0 Å². The van der Waals surface area contributed by atoms with Gasteiger partial charge in [0.15, 0.2) is 0 Å². The molecule has 1 aromatic heterocycles. The third-order valence-corrected chi connectivity index (χ3v) is 4.20. The molecule has 0 spiro atoms. The summed E-state index contributed by atoms with van der Waals surface area (Å²) in [5.41, 5.74) is -0.706. The summed E-state index contributed by atoms with van der Waals surface area (Å²) in [6.45, 7) is 1.65. The summed E-state index contributed by atoms with van der Waals surface area (Å²) in [5.74, 6) is 0.572. The Hall–Kier alpha value is -1.30. The molecule has 2 rings (SSSR count). The lowest BCUT2D eigenvalue weighted by Crippen LogP contribution is -2.36. The predicted octanol–water partition coefficient (Wildman–Crippen LogP) is 3.41. The normalized spacial score (nSPS) is 16.7. The topological polar surface area (TPSA) is 19.4 Å². The Bertz CT molecular complexity index is 438. The van der Waals surface area contributed by atoms with Gasteiger partial charge in [-0.05, 0) is 32.0 Å². The van der Waals surface area contributed by atoms with E-state index >= 15 is 0 Å². The molecule has 0 unspecified atom stereocenters. The molecule has 1 saturated carbocycles. The zero-order valence-electron chi connectivity index (χ0n) is 12.5. The highest BCUT2D eigenvalue weighted by Gasteiger charge is 2.30. The second-order valence-corrected chi connectivity index (χ2v) is 5.74. The van der Waals surface area contributed by atoms with Crippen molar-refractivity contribution >= 4 is 5.82 Å². The molecule has 21 heavy (non-hydrogen) atoms. The number of hydrogen-bond acceptors (Lipinski definition) is 3. The molecule has 0 N–H and O–H groups in total. The molecule has 0 atom stereocenters. The van der Waals surface area contributed by atoms with Crippen molar-refractivity contribution in [2.24, 2.45) is 0 Å². The van der Waals surface area contributed by atoms with E-state index in [-0.39, 0.29) is 0 Å². The summed E-state index contributed by atoms with van der Waals surface area (Å²) >= 11 is 0. The minimum absolute atomic E-state index is 0.572. The summed E-state index contributed by atoms with van der Waals surface area (Å²) in [6, 6.07) is 3.16. The minimum atomic E-state index is -4.33. The lowest BCUT2D eigenvalue weighted by Gasteiger charge is -2.27. The van der Waals surface area contributed by atoms with Crippen molar-refractivity contribution in [1.82, 2.24) is 9.88 Å². The maximum absolute atomic E-state index is 12.5. The highest BCUT2D eigenvalue weighted by atomic mass is 19.4. The third kappa shape index (κ3) is 4.33. The SMILES string of the molecule is CN(CCN(C)C1CCCC1)c1ccc(C(F)(F)F)cn1. The number of likely N-dealkylation sites (N-methyl/N-ethyl adjacent to an activating group) is 2. The number of alkyl halides is 3. The quantitative estimate of drug-likeness (QED) is 0.831. The molecule has 3 nitrogen and oxygen atoms in total. The summed E-state index contributed by atoms with van der Waals surface area (Å²) in [6.07, 6.45) is 1.66. The van der Waals surface area contributed by atoms with E-state index < -0.39 is 11.7 Å². The first-order valence-electron chi connectivity index (χ1n) is 7.32. The van der Waals surface area contributed by atoms with Crippen molar-refractivity contribution in [1.29, 1.82) is 0 Å². The van der Waals surface area contributed by atoms with Crippen molar-refractivity contribution in [3.05, 3.63) is 23.9 Å². The van der Waals surface area contributed by atoms with Gasteiger partial charge in [-0.2, -0.15) is 13.2 Å². The number of nitrogens with zero attached hydrogens (tertiary/aromatic N) is 3. The van der Waals surface area contributed by atoms with Crippen LogP contribution in [0.1, 0.15) is 31.2 Å². The Morgan fingerprint density at radius 1 is 1.14 bits per heavy atom. The Morgan fingerprint density at radius 2 is 1.81 bits per heavy atom. The number of halogens is 3. The van der Waals surface area contributed by atoms with E-state index in [4.69, 9.17) is 0 Å². The van der Waals surface area contributed by atoms with Crippen LogP contribution in [0.15, 0.2) is 18.3 Å². The van der Waals surface area contributed by atoms with Gasteiger partial charge in [-0.15, -0.1) is 0 Å². The van der Waals surface area contributed by atoms with Gasteiger partial charge in [0.25, 0.3) is 0 Å². The molecule has 0 bridgehead atoms. The van der Waals surface area contributed by atoms with Gasteiger partial charge >= 0.3 is 6.18 Å². The van der Waals surface area contributed by atoms with Crippen LogP contribution in [0.2, 0.25) is 0 Å².